The molecular formula is C26H18F7N3O5S. The van der Waals surface area contributed by atoms with Crippen molar-refractivity contribution < 1.29 is 54.5 Å². The van der Waals surface area contributed by atoms with E-state index in [0.717, 1.165) is 48.2 Å². The Bertz CT molecular complexity index is 1490. The molecule has 2 amide bonds. The Kier molecular flexibility index (Phi) is 8.47. The third-order valence-corrected chi connectivity index (χ3v) is 6.83. The molecule has 8 nitrogen and oxygen atoms in total. The summed E-state index contributed by atoms with van der Waals surface area (Å²) in [7, 11) is 0. The summed E-state index contributed by atoms with van der Waals surface area (Å²) in [5.74, 6) is -9.62. The number of hydrogen-bond acceptors (Lipinski definition) is 7. The zero-order valence-electron chi connectivity index (χ0n) is 20.9. The second-order valence-electron chi connectivity index (χ2n) is 8.62. The van der Waals surface area contributed by atoms with E-state index in [1.165, 1.54) is 17.5 Å². The van der Waals surface area contributed by atoms with E-state index in [9.17, 15) is 40.3 Å². The molecular weight excluding hydrogens is 599 g/mol. The Balaban J connectivity index is 1.60. The van der Waals surface area contributed by atoms with E-state index in [-0.39, 0.29) is 0 Å². The van der Waals surface area contributed by atoms with E-state index >= 15 is 0 Å². The second kappa shape index (κ2) is 11.7. The van der Waals surface area contributed by atoms with Crippen molar-refractivity contribution in [2.24, 2.45) is 11.5 Å². The Morgan fingerprint density at radius 3 is 1.69 bits per heavy atom. The summed E-state index contributed by atoms with van der Waals surface area (Å²) in [6.45, 7) is -1.00. The highest BCUT2D eigenvalue weighted by molar-refractivity contribution is 8.04. The summed E-state index contributed by atoms with van der Waals surface area (Å²) in [5, 5.41) is 4.51. The number of alkyl halides is 3. The second-order valence-corrected chi connectivity index (χ2v) is 9.87. The van der Waals surface area contributed by atoms with E-state index < -0.39 is 87.9 Å². The van der Waals surface area contributed by atoms with Crippen LogP contribution in [0.1, 0.15) is 26.3 Å². The molecule has 0 fully saturated rings. The normalized spacial score (nSPS) is 14.1. The Labute approximate surface area is 236 Å². The lowest BCUT2D eigenvalue weighted by atomic mass is 10.1. The molecule has 1 heterocycles. The highest BCUT2D eigenvalue weighted by Gasteiger charge is 2.39. The standard InChI is InChI=1S/C26H18F7N3O5S/c27-14-5-7-17(21(29)19(14)23(34)37)39-10-25(11-40-18-8-6-15(28)20(22(18)30)24(35)38)36-16(9-42-25)12-1-3-13(4-2-12)41-26(31,32)33/h1-9,36H,10-11H2,(H2,34,37)(H2,35,38). The summed E-state index contributed by atoms with van der Waals surface area (Å²) in [6.07, 6.45) is -4.90. The fourth-order valence-electron chi connectivity index (χ4n) is 3.76. The van der Waals surface area contributed by atoms with Gasteiger partial charge in [-0.1, -0.05) is 11.8 Å². The van der Waals surface area contributed by atoms with Crippen molar-refractivity contribution in [2.45, 2.75) is 11.2 Å². The van der Waals surface area contributed by atoms with Gasteiger partial charge in [-0.05, 0) is 59.5 Å². The van der Waals surface area contributed by atoms with Gasteiger partial charge in [-0.15, -0.1) is 13.2 Å². The lowest BCUT2D eigenvalue weighted by Crippen LogP contribution is -2.48. The fraction of sp³-hybridized carbons (Fsp3) is 0.154. The van der Waals surface area contributed by atoms with Crippen LogP contribution in [0.15, 0.2) is 53.9 Å². The van der Waals surface area contributed by atoms with Gasteiger partial charge in [0, 0.05) is 5.70 Å². The van der Waals surface area contributed by atoms with Gasteiger partial charge >= 0.3 is 6.36 Å². The first-order valence-corrected chi connectivity index (χ1v) is 12.4. The molecule has 16 heteroatoms. The number of amides is 2. The summed E-state index contributed by atoms with van der Waals surface area (Å²) < 4.78 is 110. The van der Waals surface area contributed by atoms with Gasteiger partial charge in [0.05, 0.1) is 0 Å². The SMILES string of the molecule is NC(=O)c1c(F)ccc(OCC2(COc3ccc(F)c(C(N)=O)c3F)NC(c3ccc(OC(F)(F)F)cc3)=CS2)c1F. The van der Waals surface area contributed by atoms with Crippen molar-refractivity contribution in [1.29, 1.82) is 0 Å². The maximum Gasteiger partial charge on any atom is 0.573 e. The summed E-state index contributed by atoms with van der Waals surface area (Å²) >= 11 is 0.974. The zero-order chi connectivity index (χ0) is 30.8. The lowest BCUT2D eigenvalue weighted by Gasteiger charge is -2.30. The summed E-state index contributed by atoms with van der Waals surface area (Å²) in [4.78, 5) is 21.5. The highest BCUT2D eigenvalue weighted by atomic mass is 32.2. The molecule has 1 aliphatic heterocycles. The predicted octanol–water partition coefficient (Wildman–Crippen LogP) is 4.83. The molecule has 0 radical (unpaired) electrons. The van der Waals surface area contributed by atoms with Crippen LogP contribution in [-0.4, -0.2) is 36.3 Å². The van der Waals surface area contributed by atoms with E-state index in [1.54, 1.807) is 0 Å². The minimum Gasteiger partial charge on any atom is -0.487 e. The largest absolute Gasteiger partial charge is 0.573 e. The third kappa shape index (κ3) is 6.64. The van der Waals surface area contributed by atoms with Gasteiger partial charge in [0.1, 0.15) is 41.7 Å². The fourth-order valence-corrected chi connectivity index (χ4v) is 4.73. The first-order valence-electron chi connectivity index (χ1n) is 11.5. The van der Waals surface area contributed by atoms with E-state index in [4.69, 9.17) is 20.9 Å². The van der Waals surface area contributed by atoms with E-state index in [1.807, 2.05) is 0 Å². The van der Waals surface area contributed by atoms with Crippen molar-refractivity contribution >= 4 is 29.3 Å². The number of ether oxygens (including phenoxy) is 3. The average molecular weight is 617 g/mol. The van der Waals surface area contributed by atoms with Crippen LogP contribution in [0.5, 0.6) is 17.2 Å². The first-order chi connectivity index (χ1) is 19.7. The lowest BCUT2D eigenvalue weighted by molar-refractivity contribution is -0.274. The molecule has 0 aliphatic carbocycles. The minimum atomic E-state index is -4.90. The van der Waals surface area contributed by atoms with Gasteiger partial charge in [0.2, 0.25) is 0 Å². The van der Waals surface area contributed by atoms with E-state index in [0.29, 0.717) is 11.3 Å². The van der Waals surface area contributed by atoms with Crippen LogP contribution >= 0.6 is 11.8 Å². The van der Waals surface area contributed by atoms with Crippen LogP contribution in [-0.2, 0) is 0 Å². The number of primary amides is 2. The molecule has 0 saturated carbocycles. The van der Waals surface area contributed by atoms with Crippen molar-refractivity contribution in [2.75, 3.05) is 13.2 Å². The molecule has 4 rings (SSSR count). The number of nitrogens with two attached hydrogens (primary N) is 2. The molecule has 0 atom stereocenters. The van der Waals surface area contributed by atoms with Crippen LogP contribution in [0.3, 0.4) is 0 Å². The molecule has 222 valence electrons. The number of rotatable bonds is 10. The van der Waals surface area contributed by atoms with Crippen molar-refractivity contribution in [3.63, 3.8) is 0 Å². The number of carbonyl (C=O) groups excluding carboxylic acids is 2. The maximum atomic E-state index is 14.8. The van der Waals surface area contributed by atoms with E-state index in [2.05, 4.69) is 10.1 Å². The number of hydrogen-bond donors (Lipinski definition) is 3. The molecule has 0 spiro atoms. The van der Waals surface area contributed by atoms with Crippen LogP contribution in [0.25, 0.3) is 5.70 Å². The number of benzene rings is 3. The summed E-state index contributed by atoms with van der Waals surface area (Å²) in [5.41, 5.74) is 8.68. The summed E-state index contributed by atoms with van der Waals surface area (Å²) in [6, 6.07) is 8.03. The van der Waals surface area contributed by atoms with Crippen LogP contribution < -0.4 is 31.0 Å². The van der Waals surface area contributed by atoms with Gasteiger partial charge in [-0.25, -0.2) is 17.6 Å². The number of carbonyl (C=O) groups is 2. The molecule has 0 aromatic heterocycles. The zero-order valence-corrected chi connectivity index (χ0v) is 21.7. The molecule has 0 saturated heterocycles. The van der Waals surface area contributed by atoms with Crippen molar-refractivity contribution in [1.82, 2.24) is 5.32 Å². The molecule has 42 heavy (non-hydrogen) atoms. The first kappa shape index (κ1) is 30.4. The third-order valence-electron chi connectivity index (χ3n) is 5.69. The Morgan fingerprint density at radius 1 is 0.786 bits per heavy atom. The van der Waals surface area contributed by atoms with Crippen molar-refractivity contribution in [3.05, 3.63) is 93.9 Å². The molecule has 1 aliphatic rings. The maximum absolute atomic E-state index is 14.8. The molecule has 0 bridgehead atoms. The van der Waals surface area contributed by atoms with Crippen molar-refractivity contribution in [3.8, 4) is 17.2 Å². The molecule has 5 N–H and O–H groups in total. The average Bonchev–Trinajstić information content (AvgIpc) is 3.31. The highest BCUT2D eigenvalue weighted by Crippen LogP contribution is 2.38. The Morgan fingerprint density at radius 2 is 1.26 bits per heavy atom. The molecule has 3 aromatic rings. The molecule has 3 aromatic carbocycles. The van der Waals surface area contributed by atoms with Gasteiger partial charge in [-0.3, -0.25) is 9.59 Å². The van der Waals surface area contributed by atoms with Gasteiger partial charge < -0.3 is 31.0 Å². The van der Waals surface area contributed by atoms with Crippen LogP contribution in [0.4, 0.5) is 30.7 Å². The topological polar surface area (TPSA) is 126 Å². The number of thioether (sulfide) groups is 1. The van der Waals surface area contributed by atoms with Crippen LogP contribution in [0.2, 0.25) is 0 Å². The predicted molar refractivity (Wildman–Crippen MR) is 135 cm³/mol. The smallest absolute Gasteiger partial charge is 0.487 e. The number of halogens is 7. The van der Waals surface area contributed by atoms with Crippen LogP contribution in [0, 0.1) is 23.3 Å². The number of nitrogens with one attached hydrogen (secondary N) is 1. The minimum absolute atomic E-state index is 0.320. The quantitative estimate of drug-likeness (QED) is 0.279. The monoisotopic (exact) mass is 617 g/mol. The molecule has 0 unspecified atom stereocenters. The van der Waals surface area contributed by atoms with Gasteiger partial charge in [-0.2, -0.15) is 0 Å². The Hall–Kier alpha value is -4.60. The van der Waals surface area contributed by atoms with Gasteiger partial charge in [0.25, 0.3) is 11.8 Å². The van der Waals surface area contributed by atoms with Gasteiger partial charge in [0.15, 0.2) is 28.0 Å².